The first kappa shape index (κ1) is 26.9. The summed E-state index contributed by atoms with van der Waals surface area (Å²) in [5, 5.41) is 4.92. The highest BCUT2D eigenvalue weighted by molar-refractivity contribution is 14.2. The molecule has 1 saturated heterocycles. The molecule has 1 aromatic heterocycles. The van der Waals surface area contributed by atoms with Crippen molar-refractivity contribution in [3.8, 4) is 0 Å². The maximum Gasteiger partial charge on any atom is 0.410 e. The van der Waals surface area contributed by atoms with E-state index in [0.717, 1.165) is 51.1 Å². The van der Waals surface area contributed by atoms with Crippen LogP contribution in [-0.4, -0.2) is 70.4 Å². The predicted molar refractivity (Wildman–Crippen MR) is 144 cm³/mol. The van der Waals surface area contributed by atoms with Crippen LogP contribution < -0.4 is 0 Å². The first-order chi connectivity index (χ1) is 15.3. The monoisotopic (exact) mass is 590 g/mol. The summed E-state index contributed by atoms with van der Waals surface area (Å²) in [6.07, 6.45) is 9.31. The zero-order valence-electron chi connectivity index (χ0n) is 21.2. The molecule has 0 bridgehead atoms. The maximum absolute atomic E-state index is 12.2. The summed E-state index contributed by atoms with van der Waals surface area (Å²) in [5.41, 5.74) is 3.58. The van der Waals surface area contributed by atoms with Gasteiger partial charge in [0.25, 0.3) is 0 Å². The van der Waals surface area contributed by atoms with Gasteiger partial charge in [0.15, 0.2) is 0 Å². The third-order valence-electron chi connectivity index (χ3n) is 6.42. The van der Waals surface area contributed by atoms with Crippen molar-refractivity contribution in [2.75, 3.05) is 33.8 Å². The number of hydrogen-bond donors (Lipinski definition) is 0. The fraction of sp³-hybridized carbons (Fsp3) is 0.750. The van der Waals surface area contributed by atoms with Crippen LogP contribution in [0, 0.1) is 5.41 Å². The van der Waals surface area contributed by atoms with Gasteiger partial charge in [-0.1, -0.05) is 6.08 Å². The van der Waals surface area contributed by atoms with Crippen molar-refractivity contribution >= 4 is 40.1 Å². The van der Waals surface area contributed by atoms with Crippen molar-refractivity contribution in [1.29, 1.82) is 0 Å². The van der Waals surface area contributed by atoms with Gasteiger partial charge in [-0.25, -0.2) is 9.25 Å². The van der Waals surface area contributed by atoms with E-state index < -0.39 is 5.60 Å². The molecule has 1 aliphatic heterocycles. The van der Waals surface area contributed by atoms with E-state index in [-0.39, 0.29) is 11.7 Å². The maximum atomic E-state index is 12.2. The largest absolute Gasteiger partial charge is 0.444 e. The standard InChI is InChI=1S/C24H40IN4O3P/c1-22(2,3)32-21(30)28(7)13-12-27(6)14-19-15-29(33-25)26-20(19)18-8-10-24(11-9-18)16-23(4,5)31-17-24/h8,15,33H,9-14,16-17H2,1-7H3. The summed E-state index contributed by atoms with van der Waals surface area (Å²) >= 11 is 2.38. The molecule has 2 atom stereocenters. The summed E-state index contributed by atoms with van der Waals surface area (Å²) < 4.78 is 13.6. The molecule has 7 nitrogen and oxygen atoms in total. The van der Waals surface area contributed by atoms with Crippen LogP contribution in [0.15, 0.2) is 12.3 Å². The van der Waals surface area contributed by atoms with Gasteiger partial charge in [-0.15, -0.1) is 0 Å². The predicted octanol–water partition coefficient (Wildman–Crippen LogP) is 5.73. The van der Waals surface area contributed by atoms with Crippen LogP contribution in [0.25, 0.3) is 5.57 Å². The SMILES string of the molecule is CN(CCN(C)C(=O)OC(C)(C)C)Cc1cn(PI)nc1C1=CCC2(CC1)COC(C)(C)C2. The summed E-state index contributed by atoms with van der Waals surface area (Å²) in [5.74, 6) is 0. The number of allylic oxidation sites excluding steroid dienone is 2. The van der Waals surface area contributed by atoms with E-state index in [9.17, 15) is 4.79 Å². The lowest BCUT2D eigenvalue weighted by molar-refractivity contribution is 0.0285. The highest BCUT2D eigenvalue weighted by atomic mass is 127. The third-order valence-corrected chi connectivity index (χ3v) is 8.30. The molecule has 0 radical (unpaired) electrons. The molecule has 1 aliphatic carbocycles. The van der Waals surface area contributed by atoms with Crippen LogP contribution in [0.4, 0.5) is 4.79 Å². The van der Waals surface area contributed by atoms with Gasteiger partial charge < -0.3 is 19.3 Å². The Hall–Kier alpha value is -0.700. The van der Waals surface area contributed by atoms with Crippen molar-refractivity contribution in [2.24, 2.45) is 5.41 Å². The molecular weight excluding hydrogens is 550 g/mol. The van der Waals surface area contributed by atoms with E-state index >= 15 is 0 Å². The Morgan fingerprint density at radius 1 is 1.33 bits per heavy atom. The van der Waals surface area contributed by atoms with Crippen LogP contribution in [0.2, 0.25) is 0 Å². The first-order valence-corrected chi connectivity index (χ1v) is 15.8. The van der Waals surface area contributed by atoms with Gasteiger partial charge in [0.2, 0.25) is 0 Å². The van der Waals surface area contributed by atoms with Gasteiger partial charge in [-0.05, 0) is 95.0 Å². The molecule has 33 heavy (non-hydrogen) atoms. The van der Waals surface area contributed by atoms with E-state index in [2.05, 4.69) is 64.6 Å². The molecule has 2 unspecified atom stereocenters. The molecule has 0 saturated carbocycles. The Morgan fingerprint density at radius 3 is 2.61 bits per heavy atom. The fourth-order valence-electron chi connectivity index (χ4n) is 4.76. The molecule has 1 aromatic rings. The summed E-state index contributed by atoms with van der Waals surface area (Å²) in [4.78, 5) is 16.1. The quantitative estimate of drug-likeness (QED) is 0.300. The van der Waals surface area contributed by atoms with Gasteiger partial charge in [0, 0.05) is 43.9 Å². The Morgan fingerprint density at radius 2 is 2.06 bits per heavy atom. The zero-order chi connectivity index (χ0) is 24.4. The highest BCUT2D eigenvalue weighted by Crippen LogP contribution is 2.49. The number of hydrogen-bond acceptors (Lipinski definition) is 5. The molecule has 3 rings (SSSR count). The van der Waals surface area contributed by atoms with Crippen molar-refractivity contribution in [3.63, 3.8) is 0 Å². The molecule has 1 amide bonds. The molecule has 2 heterocycles. The van der Waals surface area contributed by atoms with E-state index in [0.29, 0.717) is 18.3 Å². The lowest BCUT2D eigenvalue weighted by atomic mass is 9.71. The molecule has 1 spiro atoms. The van der Waals surface area contributed by atoms with E-state index in [1.165, 1.54) is 11.1 Å². The molecule has 0 N–H and O–H groups in total. The topological polar surface area (TPSA) is 59.8 Å². The number of carbonyl (C=O) groups is 1. The number of ether oxygens (including phenoxy) is 2. The average molecular weight is 590 g/mol. The van der Waals surface area contributed by atoms with Crippen LogP contribution in [0.5, 0.6) is 0 Å². The molecule has 2 aliphatic rings. The Bertz CT molecular complexity index is 880. The molecule has 9 heteroatoms. The van der Waals surface area contributed by atoms with Crippen molar-refractivity contribution in [3.05, 3.63) is 23.5 Å². The zero-order valence-corrected chi connectivity index (χ0v) is 24.4. The second kappa shape index (κ2) is 10.5. The minimum absolute atomic E-state index is 0.00438. The van der Waals surface area contributed by atoms with E-state index in [4.69, 9.17) is 14.6 Å². The van der Waals surface area contributed by atoms with Crippen LogP contribution >= 0.6 is 28.4 Å². The lowest BCUT2D eigenvalue weighted by Crippen LogP contribution is -2.38. The van der Waals surface area contributed by atoms with E-state index in [1.54, 1.807) is 11.9 Å². The van der Waals surface area contributed by atoms with Gasteiger partial charge in [-0.3, -0.25) is 0 Å². The highest BCUT2D eigenvalue weighted by Gasteiger charge is 2.44. The lowest BCUT2D eigenvalue weighted by Gasteiger charge is -2.32. The fourth-order valence-corrected chi connectivity index (χ4v) is 5.85. The number of rotatable bonds is 7. The van der Waals surface area contributed by atoms with Gasteiger partial charge in [0.05, 0.1) is 24.3 Å². The second-order valence-electron chi connectivity index (χ2n) is 11.3. The van der Waals surface area contributed by atoms with Crippen LogP contribution in [-0.2, 0) is 16.0 Å². The first-order valence-electron chi connectivity index (χ1n) is 11.7. The average Bonchev–Trinajstić information content (AvgIpc) is 3.25. The van der Waals surface area contributed by atoms with Crippen LogP contribution in [0.1, 0.15) is 71.6 Å². The number of aromatic nitrogens is 2. The van der Waals surface area contributed by atoms with Gasteiger partial charge in [0.1, 0.15) is 5.60 Å². The number of carbonyl (C=O) groups excluding carboxylic acids is 1. The Balaban J connectivity index is 1.62. The molecular formula is C24H40IN4O3P. The molecule has 186 valence electrons. The minimum Gasteiger partial charge on any atom is -0.444 e. The normalized spacial score (nSPS) is 23.0. The number of halogens is 1. The van der Waals surface area contributed by atoms with Crippen molar-refractivity contribution < 1.29 is 14.3 Å². The number of amides is 1. The Kier molecular flexibility index (Phi) is 8.56. The minimum atomic E-state index is -0.479. The van der Waals surface area contributed by atoms with Gasteiger partial charge in [-0.2, -0.15) is 5.10 Å². The molecule has 1 fully saturated rings. The second-order valence-corrected chi connectivity index (χ2v) is 13.4. The van der Waals surface area contributed by atoms with Crippen molar-refractivity contribution in [2.45, 2.75) is 78.0 Å². The number of likely N-dealkylation sites (N-methyl/N-ethyl adjacent to an activating group) is 2. The third kappa shape index (κ3) is 7.39. The molecule has 0 aromatic carbocycles. The Labute approximate surface area is 213 Å². The van der Waals surface area contributed by atoms with Crippen LogP contribution in [0.3, 0.4) is 0 Å². The summed E-state index contributed by atoms with van der Waals surface area (Å²) in [6, 6.07) is 0. The smallest absolute Gasteiger partial charge is 0.410 e. The van der Waals surface area contributed by atoms with Gasteiger partial charge >= 0.3 is 6.09 Å². The van der Waals surface area contributed by atoms with E-state index in [1.807, 2.05) is 20.8 Å². The van der Waals surface area contributed by atoms with Crippen molar-refractivity contribution in [1.82, 2.24) is 19.4 Å². The summed E-state index contributed by atoms with van der Waals surface area (Å²) in [7, 11) is 3.89. The summed E-state index contributed by atoms with van der Waals surface area (Å²) in [6.45, 7) is 13.1. The number of nitrogens with zero attached hydrogens (tertiary/aromatic N) is 4.